The lowest BCUT2D eigenvalue weighted by molar-refractivity contribution is 0.0731. The van der Waals surface area contributed by atoms with Crippen molar-refractivity contribution in [3.05, 3.63) is 70.7 Å². The first-order valence-corrected chi connectivity index (χ1v) is 13.2. The Morgan fingerprint density at radius 1 is 1.31 bits per heavy atom. The van der Waals surface area contributed by atoms with Crippen LogP contribution in [0.15, 0.2) is 42.6 Å². The van der Waals surface area contributed by atoms with Crippen molar-refractivity contribution in [3.63, 3.8) is 0 Å². The lowest BCUT2D eigenvalue weighted by Crippen LogP contribution is -2.33. The Morgan fingerprint density at radius 3 is 2.77 bits per heavy atom. The number of hydrogen-bond donors (Lipinski definition) is 3. The molecule has 10 heteroatoms. The molecule has 0 saturated heterocycles. The molecule has 0 fully saturated rings. The Hall–Kier alpha value is -3.55. The summed E-state index contributed by atoms with van der Waals surface area (Å²) in [6.45, 7) is 3.58. The maximum Gasteiger partial charge on any atom is 0.254 e. The minimum atomic E-state index is -3.82. The molecule has 3 aromatic rings. The van der Waals surface area contributed by atoms with Crippen LogP contribution in [0.5, 0.6) is 5.75 Å². The number of nitrogen functional groups attached to an aromatic ring is 1. The van der Waals surface area contributed by atoms with Gasteiger partial charge in [-0.25, -0.2) is 9.37 Å². The number of carbonyl (C=O) groups is 1. The molecule has 4 N–H and O–H groups in total. The normalized spacial score (nSPS) is 14.9. The van der Waals surface area contributed by atoms with E-state index in [4.69, 9.17) is 15.9 Å². The highest BCUT2D eigenvalue weighted by molar-refractivity contribution is 7.65. The van der Waals surface area contributed by atoms with Crippen LogP contribution in [0.2, 0.25) is 0 Å². The highest BCUT2D eigenvalue weighted by Crippen LogP contribution is 2.37. The van der Waals surface area contributed by atoms with E-state index >= 15 is 4.39 Å². The van der Waals surface area contributed by atoms with Crippen LogP contribution in [0.1, 0.15) is 34.0 Å². The Balaban J connectivity index is 1.68. The highest BCUT2D eigenvalue weighted by Gasteiger charge is 2.28. The topological polar surface area (TPSA) is 130 Å². The van der Waals surface area contributed by atoms with E-state index in [1.807, 2.05) is 18.2 Å². The summed E-state index contributed by atoms with van der Waals surface area (Å²) in [5.74, 6) is -0.273. The molecule has 1 aromatic heterocycles. The summed E-state index contributed by atoms with van der Waals surface area (Å²) in [5.41, 5.74) is 8.95. The van der Waals surface area contributed by atoms with Gasteiger partial charge in [-0.1, -0.05) is 13.0 Å². The number of pyridine rings is 1. The number of nitrogens with zero attached hydrogens (tertiary/aromatic N) is 2. The van der Waals surface area contributed by atoms with Gasteiger partial charge in [0.05, 0.1) is 11.8 Å². The van der Waals surface area contributed by atoms with Gasteiger partial charge in [0.2, 0.25) is 7.37 Å². The van der Waals surface area contributed by atoms with Gasteiger partial charge < -0.3 is 25.7 Å². The molecular formula is C25H26FN4O4P. The summed E-state index contributed by atoms with van der Waals surface area (Å²) in [6, 6.07) is 10.0. The van der Waals surface area contributed by atoms with Gasteiger partial charge in [0.25, 0.3) is 5.91 Å². The van der Waals surface area contributed by atoms with E-state index in [2.05, 4.69) is 4.98 Å². The fourth-order valence-electron chi connectivity index (χ4n) is 4.16. The Morgan fingerprint density at radius 2 is 2.09 bits per heavy atom. The third-order valence-electron chi connectivity index (χ3n) is 6.02. The third-order valence-corrected chi connectivity index (χ3v) is 7.26. The standard InChI is InChI=1S/C25H26FN4O4P/c1-3-19-20(5-7-22(23(19)26)35(2,32)33)25(31)30-8-9-34-21-6-4-15(10-18(21)14-30)17-11-16(12-27)24(28)29-13-17/h4-7,10-13,27H,3,8-9,14H2,1-2H3,(H2,28,29)(H,32,33). The zero-order valence-corrected chi connectivity index (χ0v) is 20.3. The van der Waals surface area contributed by atoms with Crippen molar-refractivity contribution in [1.29, 1.82) is 5.41 Å². The van der Waals surface area contributed by atoms with Crippen LogP contribution in [0.4, 0.5) is 10.2 Å². The molecule has 0 radical (unpaired) electrons. The number of ether oxygens (including phenoxy) is 1. The molecule has 0 aliphatic carbocycles. The van der Waals surface area contributed by atoms with Crippen LogP contribution in [0.3, 0.4) is 0 Å². The molecular weight excluding hydrogens is 470 g/mol. The van der Waals surface area contributed by atoms with Crippen molar-refractivity contribution in [1.82, 2.24) is 9.88 Å². The number of carbonyl (C=O) groups excluding carboxylic acids is 1. The van der Waals surface area contributed by atoms with Crippen LogP contribution in [0, 0.1) is 11.2 Å². The number of nitrogens with two attached hydrogens (primary N) is 1. The molecule has 0 spiro atoms. The molecule has 2 aromatic carbocycles. The lowest BCUT2D eigenvalue weighted by atomic mass is 10.0. The highest BCUT2D eigenvalue weighted by atomic mass is 31.2. The van der Waals surface area contributed by atoms with Crippen molar-refractivity contribution < 1.29 is 23.4 Å². The molecule has 1 aliphatic rings. The van der Waals surface area contributed by atoms with Gasteiger partial charge in [0.1, 0.15) is 24.0 Å². The second-order valence-electron chi connectivity index (χ2n) is 8.40. The van der Waals surface area contributed by atoms with Crippen molar-refractivity contribution >= 4 is 30.6 Å². The van der Waals surface area contributed by atoms with Gasteiger partial charge in [-0.2, -0.15) is 0 Å². The number of amides is 1. The molecule has 35 heavy (non-hydrogen) atoms. The van der Waals surface area contributed by atoms with Crippen molar-refractivity contribution in [2.75, 3.05) is 25.6 Å². The smallest absolute Gasteiger partial charge is 0.254 e. The summed E-state index contributed by atoms with van der Waals surface area (Å²) < 4.78 is 33.0. The second-order valence-corrected chi connectivity index (χ2v) is 10.6. The first kappa shape index (κ1) is 24.6. The number of aromatic nitrogens is 1. The molecule has 1 atom stereocenters. The average molecular weight is 496 g/mol. The minimum absolute atomic E-state index is 0.120. The fraction of sp³-hybridized carbons (Fsp3) is 0.240. The maximum atomic E-state index is 15.0. The number of nitrogens with one attached hydrogen (secondary N) is 1. The third kappa shape index (κ3) is 4.83. The molecule has 4 rings (SSSR count). The fourth-order valence-corrected chi connectivity index (χ4v) is 5.01. The average Bonchev–Trinajstić information content (AvgIpc) is 3.04. The molecule has 2 heterocycles. The number of benzene rings is 2. The number of fused-ring (bicyclic) bond motifs is 1. The molecule has 1 aliphatic heterocycles. The lowest BCUT2D eigenvalue weighted by Gasteiger charge is -2.22. The molecule has 0 saturated carbocycles. The van der Waals surface area contributed by atoms with E-state index in [1.165, 1.54) is 12.1 Å². The van der Waals surface area contributed by atoms with Crippen LogP contribution in [0.25, 0.3) is 11.1 Å². The Labute approximate surface area is 202 Å². The van der Waals surface area contributed by atoms with Gasteiger partial charge in [0, 0.05) is 53.4 Å². The largest absolute Gasteiger partial charge is 0.491 e. The quantitative estimate of drug-likeness (QED) is 0.366. The molecule has 182 valence electrons. The minimum Gasteiger partial charge on any atom is -0.491 e. The van der Waals surface area contributed by atoms with Crippen LogP contribution >= 0.6 is 7.37 Å². The zero-order valence-electron chi connectivity index (χ0n) is 19.4. The maximum absolute atomic E-state index is 15.0. The number of rotatable bonds is 5. The van der Waals surface area contributed by atoms with Gasteiger partial charge in [-0.15, -0.1) is 0 Å². The van der Waals surface area contributed by atoms with E-state index in [1.54, 1.807) is 24.1 Å². The summed E-state index contributed by atoms with van der Waals surface area (Å²) >= 11 is 0. The predicted octanol–water partition coefficient (Wildman–Crippen LogP) is 3.59. The van der Waals surface area contributed by atoms with E-state index in [0.29, 0.717) is 17.9 Å². The van der Waals surface area contributed by atoms with Gasteiger partial charge in [-0.3, -0.25) is 9.36 Å². The van der Waals surface area contributed by atoms with Crippen LogP contribution < -0.4 is 15.8 Å². The van der Waals surface area contributed by atoms with Crippen LogP contribution in [-0.2, 0) is 17.5 Å². The van der Waals surface area contributed by atoms with E-state index < -0.39 is 13.2 Å². The predicted molar refractivity (Wildman–Crippen MR) is 133 cm³/mol. The molecule has 8 nitrogen and oxygen atoms in total. The van der Waals surface area contributed by atoms with E-state index in [-0.39, 0.29) is 47.7 Å². The zero-order chi connectivity index (χ0) is 25.3. The monoisotopic (exact) mass is 496 g/mol. The molecule has 1 unspecified atom stereocenters. The summed E-state index contributed by atoms with van der Waals surface area (Å²) in [4.78, 5) is 29.0. The number of halogens is 1. The van der Waals surface area contributed by atoms with Crippen LogP contribution in [-0.4, -0.2) is 46.7 Å². The SMILES string of the molecule is CCc1c(C(=O)N2CCOc3ccc(-c4cnc(N)c(C=N)c4)cc3C2)ccc(P(C)(=O)O)c1F. The van der Waals surface area contributed by atoms with Gasteiger partial charge >= 0.3 is 0 Å². The Bertz CT molecular complexity index is 1370. The molecule has 1 amide bonds. The van der Waals surface area contributed by atoms with Crippen molar-refractivity contribution in [2.24, 2.45) is 0 Å². The first-order valence-electron chi connectivity index (χ1n) is 11.1. The van der Waals surface area contributed by atoms with Gasteiger partial charge in [0.15, 0.2) is 0 Å². The summed E-state index contributed by atoms with van der Waals surface area (Å²) in [7, 11) is -3.82. The number of anilines is 1. The van der Waals surface area contributed by atoms with Gasteiger partial charge in [-0.05, 0) is 42.3 Å². The van der Waals surface area contributed by atoms with E-state index in [0.717, 1.165) is 29.6 Å². The number of hydrogen-bond acceptors (Lipinski definition) is 6. The second kappa shape index (κ2) is 9.60. The summed E-state index contributed by atoms with van der Waals surface area (Å²) in [5, 5.41) is 7.23. The molecule has 0 bridgehead atoms. The van der Waals surface area contributed by atoms with Crippen molar-refractivity contribution in [3.8, 4) is 16.9 Å². The van der Waals surface area contributed by atoms with E-state index in [9.17, 15) is 14.3 Å². The first-order chi connectivity index (χ1) is 16.6. The summed E-state index contributed by atoms with van der Waals surface area (Å²) in [6.07, 6.45) is 2.96. The van der Waals surface area contributed by atoms with Crippen molar-refractivity contribution in [2.45, 2.75) is 19.9 Å². The Kier molecular flexibility index (Phi) is 6.74.